The molecule has 2 aromatic rings. The molecule has 0 aliphatic carbocycles. The highest BCUT2D eigenvalue weighted by atomic mass is 35.5. The van der Waals surface area contributed by atoms with E-state index in [1.807, 2.05) is 43.3 Å². The molecule has 2 aromatic carbocycles. The van der Waals surface area contributed by atoms with Crippen LogP contribution in [0.2, 0.25) is 5.02 Å². The van der Waals surface area contributed by atoms with Crippen LogP contribution in [0.15, 0.2) is 42.5 Å². The first kappa shape index (κ1) is 19.6. The molecule has 2 rings (SSSR count). The lowest BCUT2D eigenvalue weighted by Gasteiger charge is -2.25. The maximum atomic E-state index is 6.19. The van der Waals surface area contributed by atoms with E-state index in [1.54, 1.807) is 0 Å². The molecule has 0 amide bonds. The van der Waals surface area contributed by atoms with Gasteiger partial charge in [-0.2, -0.15) is 0 Å². The number of benzene rings is 2. The lowest BCUT2D eigenvalue weighted by Crippen LogP contribution is -2.37. The van der Waals surface area contributed by atoms with Gasteiger partial charge >= 0.3 is 0 Å². The van der Waals surface area contributed by atoms with E-state index >= 15 is 0 Å². The molecular weight excluding hydrogens is 334 g/mol. The van der Waals surface area contributed by atoms with Gasteiger partial charge in [0.05, 0.1) is 6.61 Å². The summed E-state index contributed by atoms with van der Waals surface area (Å²) in [5, 5.41) is 4.28. The number of nitrogens with one attached hydrogen (secondary N) is 1. The highest BCUT2D eigenvalue weighted by molar-refractivity contribution is 6.31. The molecule has 0 bridgehead atoms. The molecule has 0 saturated heterocycles. The highest BCUT2D eigenvalue weighted by Gasteiger charge is 2.14. The summed E-state index contributed by atoms with van der Waals surface area (Å²) in [6.45, 7) is 10.4. The van der Waals surface area contributed by atoms with Gasteiger partial charge < -0.3 is 14.8 Å². The van der Waals surface area contributed by atoms with Crippen LogP contribution in [0.5, 0.6) is 11.5 Å². The minimum atomic E-state index is 0.116. The second-order valence-electron chi connectivity index (χ2n) is 6.69. The van der Waals surface area contributed by atoms with E-state index in [4.69, 9.17) is 21.1 Å². The van der Waals surface area contributed by atoms with E-state index in [0.29, 0.717) is 18.2 Å². The zero-order valence-electron chi connectivity index (χ0n) is 15.6. The lowest BCUT2D eigenvalue weighted by atomic mass is 10.0. The topological polar surface area (TPSA) is 30.5 Å². The van der Waals surface area contributed by atoms with E-state index < -0.39 is 0 Å². The van der Waals surface area contributed by atoms with Crippen molar-refractivity contribution in [2.45, 2.75) is 52.8 Å². The summed E-state index contributed by atoms with van der Waals surface area (Å²) in [5.74, 6) is 1.50. The first-order valence-electron chi connectivity index (χ1n) is 8.82. The van der Waals surface area contributed by atoms with Crippen molar-refractivity contribution < 1.29 is 9.47 Å². The van der Waals surface area contributed by atoms with Crippen molar-refractivity contribution in [1.29, 1.82) is 0 Å². The predicted octanol–water partition coefficient (Wildman–Crippen LogP) is 5.60. The van der Waals surface area contributed by atoms with Gasteiger partial charge in [0.25, 0.3) is 0 Å². The Morgan fingerprint density at radius 2 is 1.76 bits per heavy atom. The molecule has 25 heavy (non-hydrogen) atoms. The van der Waals surface area contributed by atoms with Crippen LogP contribution >= 0.6 is 11.6 Å². The molecule has 4 heteroatoms. The average molecular weight is 362 g/mol. The second kappa shape index (κ2) is 9.12. The van der Waals surface area contributed by atoms with Crippen molar-refractivity contribution in [3.05, 3.63) is 58.6 Å². The van der Waals surface area contributed by atoms with E-state index in [9.17, 15) is 0 Å². The van der Waals surface area contributed by atoms with Crippen LogP contribution in [0, 0.1) is 0 Å². The van der Waals surface area contributed by atoms with Crippen LogP contribution in [-0.2, 0) is 13.2 Å². The molecule has 0 aromatic heterocycles. The monoisotopic (exact) mass is 361 g/mol. The van der Waals surface area contributed by atoms with Crippen LogP contribution in [-0.4, -0.2) is 12.1 Å². The number of rotatable bonds is 9. The third-order valence-corrected chi connectivity index (χ3v) is 4.67. The molecule has 0 saturated carbocycles. The van der Waals surface area contributed by atoms with Crippen molar-refractivity contribution >= 4 is 11.6 Å². The third-order valence-electron chi connectivity index (χ3n) is 4.30. The molecule has 0 spiro atoms. The van der Waals surface area contributed by atoms with Crippen molar-refractivity contribution in [2.75, 3.05) is 6.61 Å². The number of hydrogen-bond acceptors (Lipinski definition) is 3. The molecule has 136 valence electrons. The van der Waals surface area contributed by atoms with Gasteiger partial charge in [-0.25, -0.2) is 0 Å². The fourth-order valence-electron chi connectivity index (χ4n) is 2.29. The van der Waals surface area contributed by atoms with Gasteiger partial charge in [-0.15, -0.1) is 0 Å². The van der Waals surface area contributed by atoms with Gasteiger partial charge in [0.2, 0.25) is 0 Å². The smallest absolute Gasteiger partial charge is 0.161 e. The maximum absolute atomic E-state index is 6.19. The van der Waals surface area contributed by atoms with E-state index in [-0.39, 0.29) is 5.54 Å². The summed E-state index contributed by atoms with van der Waals surface area (Å²) < 4.78 is 11.7. The Morgan fingerprint density at radius 1 is 1.00 bits per heavy atom. The summed E-state index contributed by atoms with van der Waals surface area (Å²) in [6.07, 6.45) is 1.07. The molecule has 0 unspecified atom stereocenters. The zero-order chi connectivity index (χ0) is 18.3. The lowest BCUT2D eigenvalue weighted by molar-refractivity contribution is 0.269. The molecule has 0 heterocycles. The van der Waals surface area contributed by atoms with Crippen molar-refractivity contribution in [3.8, 4) is 11.5 Å². The fourth-order valence-corrected chi connectivity index (χ4v) is 2.48. The molecular formula is C21H28ClNO2. The van der Waals surface area contributed by atoms with Crippen LogP contribution in [0.3, 0.4) is 0 Å². The standard InChI is InChI=1S/C21H28ClNO2/c1-5-21(3,4)23-14-16-11-12-19(20(13-16)24-6-2)25-15-17-9-7-8-10-18(17)22/h7-13,23H,5-6,14-15H2,1-4H3. The van der Waals surface area contributed by atoms with Gasteiger partial charge in [-0.3, -0.25) is 0 Å². The summed E-state index contributed by atoms with van der Waals surface area (Å²) in [7, 11) is 0. The fraction of sp³-hybridized carbons (Fsp3) is 0.429. The van der Waals surface area contributed by atoms with Crippen molar-refractivity contribution in [2.24, 2.45) is 0 Å². The normalized spacial score (nSPS) is 11.4. The van der Waals surface area contributed by atoms with Gasteiger partial charge in [0.15, 0.2) is 11.5 Å². The summed E-state index contributed by atoms with van der Waals surface area (Å²) in [4.78, 5) is 0. The number of ether oxygens (including phenoxy) is 2. The highest BCUT2D eigenvalue weighted by Crippen LogP contribution is 2.30. The zero-order valence-corrected chi connectivity index (χ0v) is 16.3. The molecule has 0 fully saturated rings. The Hall–Kier alpha value is -1.71. The van der Waals surface area contributed by atoms with Crippen LogP contribution in [0.1, 0.15) is 45.2 Å². The third kappa shape index (κ3) is 5.94. The van der Waals surface area contributed by atoms with Gasteiger partial charge in [-0.05, 0) is 51.0 Å². The number of halogens is 1. The summed E-state index contributed by atoms with van der Waals surface area (Å²) >= 11 is 6.19. The first-order valence-corrected chi connectivity index (χ1v) is 9.20. The maximum Gasteiger partial charge on any atom is 0.161 e. The van der Waals surface area contributed by atoms with Crippen LogP contribution in [0.25, 0.3) is 0 Å². The minimum absolute atomic E-state index is 0.116. The second-order valence-corrected chi connectivity index (χ2v) is 7.09. The average Bonchev–Trinajstić information content (AvgIpc) is 2.61. The number of hydrogen-bond donors (Lipinski definition) is 1. The largest absolute Gasteiger partial charge is 0.490 e. The van der Waals surface area contributed by atoms with Gasteiger partial charge in [-0.1, -0.05) is 42.8 Å². The van der Waals surface area contributed by atoms with Crippen LogP contribution in [0.4, 0.5) is 0 Å². The van der Waals surface area contributed by atoms with E-state index in [1.165, 1.54) is 5.56 Å². The summed E-state index contributed by atoms with van der Waals surface area (Å²) in [6, 6.07) is 13.8. The van der Waals surface area contributed by atoms with E-state index in [2.05, 4.69) is 32.2 Å². The molecule has 3 nitrogen and oxygen atoms in total. The Bertz CT molecular complexity index is 685. The van der Waals surface area contributed by atoms with Crippen LogP contribution < -0.4 is 14.8 Å². The van der Waals surface area contributed by atoms with Gasteiger partial charge in [0.1, 0.15) is 6.61 Å². The Balaban J connectivity index is 2.09. The first-order chi connectivity index (χ1) is 11.9. The molecule has 0 atom stereocenters. The quantitative estimate of drug-likeness (QED) is 0.631. The molecule has 1 N–H and O–H groups in total. The predicted molar refractivity (Wildman–Crippen MR) is 105 cm³/mol. The SMILES string of the molecule is CCOc1cc(CNC(C)(C)CC)ccc1OCc1ccccc1Cl. The van der Waals surface area contributed by atoms with Crippen molar-refractivity contribution in [1.82, 2.24) is 5.32 Å². The summed E-state index contributed by atoms with van der Waals surface area (Å²) in [5.41, 5.74) is 2.25. The minimum Gasteiger partial charge on any atom is -0.490 e. The Kier molecular flexibility index (Phi) is 7.15. The molecule has 0 radical (unpaired) electrons. The Morgan fingerprint density at radius 3 is 2.44 bits per heavy atom. The Labute approximate surface area is 156 Å². The van der Waals surface area contributed by atoms with E-state index in [0.717, 1.165) is 30.0 Å². The van der Waals surface area contributed by atoms with Crippen molar-refractivity contribution in [3.63, 3.8) is 0 Å². The van der Waals surface area contributed by atoms with Gasteiger partial charge in [0, 0.05) is 22.7 Å². The molecule has 0 aliphatic rings. The molecule has 0 aliphatic heterocycles.